The maximum atomic E-state index is 4.42. The Morgan fingerprint density at radius 3 is 2.35 bits per heavy atom. The number of thiazole rings is 1. The summed E-state index contributed by atoms with van der Waals surface area (Å²) < 4.78 is 0. The van der Waals surface area contributed by atoms with E-state index >= 15 is 0 Å². The van der Waals surface area contributed by atoms with Crippen molar-refractivity contribution in [2.75, 3.05) is 39.3 Å². The van der Waals surface area contributed by atoms with Crippen LogP contribution < -0.4 is 10.6 Å². The smallest absolute Gasteiger partial charge is 0.0798 e. The lowest BCUT2D eigenvalue weighted by atomic mass is 9.96. The highest BCUT2D eigenvalue weighted by Gasteiger charge is 2.22. The van der Waals surface area contributed by atoms with Gasteiger partial charge in [0.15, 0.2) is 0 Å². The summed E-state index contributed by atoms with van der Waals surface area (Å²) in [6.07, 6.45) is 4.01. The van der Waals surface area contributed by atoms with E-state index in [1.165, 1.54) is 69.1 Å². The second-order valence-electron chi connectivity index (χ2n) is 6.61. The number of aryl methyl sites for hydroxylation is 1. The second-order valence-corrected chi connectivity index (χ2v) is 7.55. The van der Waals surface area contributed by atoms with Gasteiger partial charge < -0.3 is 10.6 Å². The molecule has 2 fully saturated rings. The maximum Gasteiger partial charge on any atom is 0.0798 e. The van der Waals surface area contributed by atoms with Crippen LogP contribution in [0.4, 0.5) is 0 Å². The SMILES string of the molecule is Cc1ncsc1CN(CC1CCNCC1)CC1CCNC1.Cl.Cl. The number of rotatable bonds is 6. The van der Waals surface area contributed by atoms with Crippen molar-refractivity contribution < 1.29 is 0 Å². The van der Waals surface area contributed by atoms with E-state index in [1.54, 1.807) is 0 Å². The Morgan fingerprint density at radius 2 is 1.74 bits per heavy atom. The van der Waals surface area contributed by atoms with Crippen molar-refractivity contribution in [2.24, 2.45) is 11.8 Å². The molecule has 1 unspecified atom stereocenters. The van der Waals surface area contributed by atoms with Crippen LogP contribution in [0.1, 0.15) is 29.8 Å². The predicted octanol–water partition coefficient (Wildman–Crippen LogP) is 2.71. The van der Waals surface area contributed by atoms with Crippen molar-refractivity contribution in [2.45, 2.75) is 32.7 Å². The van der Waals surface area contributed by atoms with E-state index in [9.17, 15) is 0 Å². The third-order valence-electron chi connectivity index (χ3n) is 4.87. The predicted molar refractivity (Wildman–Crippen MR) is 103 cm³/mol. The van der Waals surface area contributed by atoms with E-state index in [2.05, 4.69) is 27.4 Å². The largest absolute Gasteiger partial charge is 0.317 e. The van der Waals surface area contributed by atoms with Gasteiger partial charge in [-0.3, -0.25) is 4.90 Å². The van der Waals surface area contributed by atoms with Crippen LogP contribution in [0.15, 0.2) is 5.51 Å². The highest BCUT2D eigenvalue weighted by molar-refractivity contribution is 7.09. The molecule has 0 aliphatic carbocycles. The molecule has 1 aromatic heterocycles. The van der Waals surface area contributed by atoms with E-state index in [0.29, 0.717) is 0 Å². The molecule has 0 spiro atoms. The molecule has 4 nitrogen and oxygen atoms in total. The van der Waals surface area contributed by atoms with Gasteiger partial charge in [0.1, 0.15) is 0 Å². The molecule has 0 aromatic carbocycles. The number of hydrogen-bond acceptors (Lipinski definition) is 5. The molecule has 0 radical (unpaired) electrons. The van der Waals surface area contributed by atoms with Crippen molar-refractivity contribution >= 4 is 36.2 Å². The van der Waals surface area contributed by atoms with Crippen molar-refractivity contribution in [3.63, 3.8) is 0 Å². The number of halogens is 2. The molecule has 1 atom stereocenters. The van der Waals surface area contributed by atoms with Gasteiger partial charge in [-0.25, -0.2) is 4.98 Å². The molecule has 1 aromatic rings. The number of hydrogen-bond donors (Lipinski definition) is 2. The van der Waals surface area contributed by atoms with E-state index < -0.39 is 0 Å². The molecular formula is C16H30Cl2N4S. The van der Waals surface area contributed by atoms with Crippen molar-refractivity contribution in [3.05, 3.63) is 16.1 Å². The average molecular weight is 381 g/mol. The molecule has 23 heavy (non-hydrogen) atoms. The standard InChI is InChI=1S/C16H28N4S.2ClH/c1-13-16(21-12-19-13)11-20(10-15-4-7-18-8-15)9-14-2-5-17-6-3-14;;/h12,14-15,17-18H,2-11H2,1H3;2*1H. The topological polar surface area (TPSA) is 40.2 Å². The van der Waals surface area contributed by atoms with Crippen LogP contribution in [0.25, 0.3) is 0 Å². The van der Waals surface area contributed by atoms with Crippen LogP contribution in [0.2, 0.25) is 0 Å². The van der Waals surface area contributed by atoms with Gasteiger partial charge in [0.05, 0.1) is 11.2 Å². The van der Waals surface area contributed by atoms with Crippen LogP contribution in [-0.4, -0.2) is 49.2 Å². The summed E-state index contributed by atoms with van der Waals surface area (Å²) in [5, 5.41) is 6.98. The van der Waals surface area contributed by atoms with Crippen LogP contribution >= 0.6 is 36.2 Å². The summed E-state index contributed by atoms with van der Waals surface area (Å²) in [6.45, 7) is 10.5. The van der Waals surface area contributed by atoms with E-state index in [4.69, 9.17) is 0 Å². The lowest BCUT2D eigenvalue weighted by molar-refractivity contribution is 0.177. The first kappa shape index (κ1) is 21.1. The fourth-order valence-electron chi connectivity index (χ4n) is 3.55. The Labute approximate surface area is 156 Å². The maximum absolute atomic E-state index is 4.42. The monoisotopic (exact) mass is 380 g/mol. The minimum absolute atomic E-state index is 0. The van der Waals surface area contributed by atoms with Crippen molar-refractivity contribution in [3.8, 4) is 0 Å². The molecule has 0 bridgehead atoms. The summed E-state index contributed by atoms with van der Waals surface area (Å²) in [5.74, 6) is 1.70. The zero-order valence-corrected chi connectivity index (χ0v) is 16.4. The Hall–Kier alpha value is 0.0900. The summed E-state index contributed by atoms with van der Waals surface area (Å²) >= 11 is 1.82. The quantitative estimate of drug-likeness (QED) is 0.795. The molecule has 2 saturated heterocycles. The molecule has 2 aliphatic rings. The van der Waals surface area contributed by atoms with Gasteiger partial charge in [-0.15, -0.1) is 36.2 Å². The molecule has 3 heterocycles. The Bertz CT molecular complexity index is 431. The zero-order chi connectivity index (χ0) is 14.5. The normalized spacial score (nSPS) is 21.9. The van der Waals surface area contributed by atoms with Crippen LogP contribution in [-0.2, 0) is 6.54 Å². The molecule has 134 valence electrons. The van der Waals surface area contributed by atoms with Crippen molar-refractivity contribution in [1.29, 1.82) is 0 Å². The summed E-state index contributed by atoms with van der Waals surface area (Å²) in [6, 6.07) is 0. The fraction of sp³-hybridized carbons (Fsp3) is 0.812. The van der Waals surface area contributed by atoms with Crippen LogP contribution in [0.5, 0.6) is 0 Å². The number of nitrogens with one attached hydrogen (secondary N) is 2. The van der Waals surface area contributed by atoms with E-state index in [1.807, 2.05) is 16.8 Å². The van der Waals surface area contributed by atoms with Gasteiger partial charge in [-0.1, -0.05) is 0 Å². The number of aromatic nitrogens is 1. The van der Waals surface area contributed by atoms with Gasteiger partial charge in [0.2, 0.25) is 0 Å². The summed E-state index contributed by atoms with van der Waals surface area (Å²) in [4.78, 5) is 8.57. The Kier molecular flexibility index (Phi) is 9.97. The van der Waals surface area contributed by atoms with Crippen LogP contribution in [0, 0.1) is 18.8 Å². The molecular weight excluding hydrogens is 351 g/mol. The van der Waals surface area contributed by atoms with E-state index in [-0.39, 0.29) is 24.8 Å². The molecule has 0 saturated carbocycles. The lowest BCUT2D eigenvalue weighted by Crippen LogP contribution is -2.38. The second kappa shape index (κ2) is 10.9. The zero-order valence-electron chi connectivity index (χ0n) is 13.9. The van der Waals surface area contributed by atoms with Gasteiger partial charge in [-0.05, 0) is 64.2 Å². The number of piperidine rings is 1. The first-order chi connectivity index (χ1) is 10.3. The van der Waals surface area contributed by atoms with Gasteiger partial charge in [-0.2, -0.15) is 0 Å². The third-order valence-corrected chi connectivity index (χ3v) is 5.79. The highest BCUT2D eigenvalue weighted by atomic mass is 35.5. The highest BCUT2D eigenvalue weighted by Crippen LogP contribution is 2.21. The first-order valence-electron chi connectivity index (χ1n) is 8.34. The Balaban J connectivity index is 0.00000132. The van der Waals surface area contributed by atoms with E-state index in [0.717, 1.165) is 18.4 Å². The van der Waals surface area contributed by atoms with Gasteiger partial charge in [0, 0.05) is 24.5 Å². The third kappa shape index (κ3) is 6.48. The molecule has 2 aliphatic heterocycles. The minimum Gasteiger partial charge on any atom is -0.317 e. The first-order valence-corrected chi connectivity index (χ1v) is 9.22. The minimum atomic E-state index is 0. The molecule has 7 heteroatoms. The van der Waals surface area contributed by atoms with Gasteiger partial charge in [0.25, 0.3) is 0 Å². The summed E-state index contributed by atoms with van der Waals surface area (Å²) in [7, 11) is 0. The number of nitrogens with zero attached hydrogens (tertiary/aromatic N) is 2. The van der Waals surface area contributed by atoms with Gasteiger partial charge >= 0.3 is 0 Å². The van der Waals surface area contributed by atoms with Crippen molar-refractivity contribution in [1.82, 2.24) is 20.5 Å². The molecule has 2 N–H and O–H groups in total. The molecule has 0 amide bonds. The lowest BCUT2D eigenvalue weighted by Gasteiger charge is -2.31. The average Bonchev–Trinajstić information content (AvgIpc) is 3.13. The fourth-order valence-corrected chi connectivity index (χ4v) is 4.37. The molecule has 3 rings (SSSR count). The summed E-state index contributed by atoms with van der Waals surface area (Å²) in [5.41, 5.74) is 3.21. The van der Waals surface area contributed by atoms with Crippen LogP contribution in [0.3, 0.4) is 0 Å². The Morgan fingerprint density at radius 1 is 1.09 bits per heavy atom.